The minimum Gasteiger partial charge on any atom is -0.342 e. The maximum atomic E-state index is 12.7. The van der Waals surface area contributed by atoms with Gasteiger partial charge in [0.25, 0.3) is 5.91 Å². The van der Waals surface area contributed by atoms with Gasteiger partial charge in [-0.2, -0.15) is 5.10 Å². The molecule has 2 fully saturated rings. The van der Waals surface area contributed by atoms with Gasteiger partial charge in [-0.05, 0) is 32.6 Å². The maximum absolute atomic E-state index is 12.7. The second kappa shape index (κ2) is 5.74. The Morgan fingerprint density at radius 2 is 2.18 bits per heavy atom. The third-order valence-corrected chi connectivity index (χ3v) is 5.15. The molecule has 0 radical (unpaired) electrons. The second-order valence-electron chi connectivity index (χ2n) is 6.36. The molecule has 6 nitrogen and oxygen atoms in total. The first-order valence-electron chi connectivity index (χ1n) is 8.22. The average molecular weight is 304 g/mol. The fraction of sp³-hybridized carbons (Fsp3) is 0.688. The standard InChI is InChI=1S/C16H24N4O2/c1-3-13-12(10-17-18-13)14(21)20-9-7-16(11-20)6-5-8-19(4-2)15(16)22/h10H,3-9,11H2,1-2H3,(H,17,18). The van der Waals surface area contributed by atoms with E-state index in [-0.39, 0.29) is 17.2 Å². The van der Waals surface area contributed by atoms with Crippen LogP contribution < -0.4 is 0 Å². The monoisotopic (exact) mass is 304 g/mol. The first kappa shape index (κ1) is 15.1. The fourth-order valence-corrected chi connectivity index (χ4v) is 3.82. The highest BCUT2D eigenvalue weighted by Gasteiger charge is 2.49. The van der Waals surface area contributed by atoms with Gasteiger partial charge in [-0.1, -0.05) is 6.92 Å². The summed E-state index contributed by atoms with van der Waals surface area (Å²) in [5, 5.41) is 6.87. The first-order valence-corrected chi connectivity index (χ1v) is 8.22. The van der Waals surface area contributed by atoms with E-state index in [0.29, 0.717) is 18.7 Å². The van der Waals surface area contributed by atoms with Crippen molar-refractivity contribution in [1.29, 1.82) is 0 Å². The predicted molar refractivity (Wildman–Crippen MR) is 82.4 cm³/mol. The molecule has 3 heterocycles. The van der Waals surface area contributed by atoms with Crippen LogP contribution in [0.25, 0.3) is 0 Å². The third kappa shape index (κ3) is 2.30. The molecule has 3 rings (SSSR count). The van der Waals surface area contributed by atoms with Gasteiger partial charge in [0.2, 0.25) is 5.91 Å². The molecule has 1 spiro atoms. The Hall–Kier alpha value is -1.85. The van der Waals surface area contributed by atoms with Gasteiger partial charge in [0.1, 0.15) is 0 Å². The molecule has 2 saturated heterocycles. The van der Waals surface area contributed by atoms with Crippen LogP contribution in [0.3, 0.4) is 0 Å². The number of amides is 2. The van der Waals surface area contributed by atoms with Crippen molar-refractivity contribution in [3.05, 3.63) is 17.5 Å². The van der Waals surface area contributed by atoms with E-state index in [1.54, 1.807) is 6.20 Å². The zero-order chi connectivity index (χ0) is 15.7. The quantitative estimate of drug-likeness (QED) is 0.919. The van der Waals surface area contributed by atoms with Crippen molar-refractivity contribution in [2.75, 3.05) is 26.2 Å². The Balaban J connectivity index is 1.77. The van der Waals surface area contributed by atoms with E-state index >= 15 is 0 Å². The molecule has 120 valence electrons. The number of H-pyrrole nitrogens is 1. The largest absolute Gasteiger partial charge is 0.342 e. The fourth-order valence-electron chi connectivity index (χ4n) is 3.82. The van der Waals surface area contributed by atoms with Gasteiger partial charge in [0.05, 0.1) is 17.2 Å². The second-order valence-corrected chi connectivity index (χ2v) is 6.36. The summed E-state index contributed by atoms with van der Waals surface area (Å²) in [5.74, 6) is 0.239. The topological polar surface area (TPSA) is 69.3 Å². The van der Waals surface area contributed by atoms with E-state index in [2.05, 4.69) is 10.2 Å². The van der Waals surface area contributed by atoms with Crippen LogP contribution >= 0.6 is 0 Å². The van der Waals surface area contributed by atoms with Gasteiger partial charge < -0.3 is 9.80 Å². The lowest BCUT2D eigenvalue weighted by molar-refractivity contribution is -0.145. The number of likely N-dealkylation sites (tertiary alicyclic amines) is 2. The number of nitrogens with one attached hydrogen (secondary N) is 1. The molecule has 1 aromatic heterocycles. The molecule has 6 heteroatoms. The third-order valence-electron chi connectivity index (χ3n) is 5.15. The Morgan fingerprint density at radius 1 is 1.36 bits per heavy atom. The molecule has 22 heavy (non-hydrogen) atoms. The average Bonchev–Trinajstić information content (AvgIpc) is 3.17. The van der Waals surface area contributed by atoms with Gasteiger partial charge in [0.15, 0.2) is 0 Å². The van der Waals surface area contributed by atoms with Gasteiger partial charge in [-0.25, -0.2) is 0 Å². The number of aromatic nitrogens is 2. The number of aromatic amines is 1. The summed E-state index contributed by atoms with van der Waals surface area (Å²) in [5.41, 5.74) is 1.17. The Kier molecular flexibility index (Phi) is 3.93. The predicted octanol–water partition coefficient (Wildman–Crippen LogP) is 1.45. The normalized spacial score (nSPS) is 25.3. The van der Waals surface area contributed by atoms with Crippen molar-refractivity contribution in [2.24, 2.45) is 5.41 Å². The van der Waals surface area contributed by atoms with Crippen LogP contribution in [0.1, 0.15) is 49.2 Å². The lowest BCUT2D eigenvalue weighted by atomic mass is 9.78. The van der Waals surface area contributed by atoms with Crippen molar-refractivity contribution < 1.29 is 9.59 Å². The van der Waals surface area contributed by atoms with Crippen molar-refractivity contribution >= 4 is 11.8 Å². The number of carbonyl (C=O) groups excluding carboxylic acids is 2. The first-order chi connectivity index (χ1) is 10.6. The van der Waals surface area contributed by atoms with Crippen LogP contribution in [0.2, 0.25) is 0 Å². The zero-order valence-electron chi connectivity index (χ0n) is 13.4. The molecule has 0 aromatic carbocycles. The number of nitrogens with zero attached hydrogens (tertiary/aromatic N) is 3. The molecule has 1 atom stereocenters. The highest BCUT2D eigenvalue weighted by Crippen LogP contribution is 2.40. The summed E-state index contributed by atoms with van der Waals surface area (Å²) in [4.78, 5) is 29.2. The van der Waals surface area contributed by atoms with E-state index in [1.807, 2.05) is 23.6 Å². The molecule has 2 amide bonds. The number of hydrogen-bond acceptors (Lipinski definition) is 3. The van der Waals surface area contributed by atoms with Crippen LogP contribution in [0, 0.1) is 5.41 Å². The molecule has 2 aliphatic rings. The molecule has 1 unspecified atom stereocenters. The molecule has 1 aromatic rings. The highest BCUT2D eigenvalue weighted by atomic mass is 16.2. The van der Waals surface area contributed by atoms with Crippen molar-refractivity contribution in [3.63, 3.8) is 0 Å². The van der Waals surface area contributed by atoms with Crippen LogP contribution in [-0.2, 0) is 11.2 Å². The molecular formula is C16H24N4O2. The van der Waals surface area contributed by atoms with Crippen molar-refractivity contribution in [3.8, 4) is 0 Å². The van der Waals surface area contributed by atoms with Crippen LogP contribution in [0.15, 0.2) is 6.20 Å². The van der Waals surface area contributed by atoms with Crippen LogP contribution in [0.5, 0.6) is 0 Å². The molecular weight excluding hydrogens is 280 g/mol. The lowest BCUT2D eigenvalue weighted by Crippen LogP contribution is -2.50. The molecule has 0 aliphatic carbocycles. The summed E-state index contributed by atoms with van der Waals surface area (Å²) in [6, 6.07) is 0. The van der Waals surface area contributed by atoms with Crippen molar-refractivity contribution in [2.45, 2.75) is 39.5 Å². The summed E-state index contributed by atoms with van der Waals surface area (Å²) >= 11 is 0. The smallest absolute Gasteiger partial charge is 0.257 e. The van der Waals surface area contributed by atoms with Gasteiger partial charge in [-0.3, -0.25) is 14.7 Å². The van der Waals surface area contributed by atoms with Gasteiger partial charge in [0, 0.05) is 31.9 Å². The number of rotatable bonds is 3. The number of carbonyl (C=O) groups is 2. The van der Waals surface area contributed by atoms with Crippen LogP contribution in [-0.4, -0.2) is 58.0 Å². The minimum absolute atomic E-state index is 0.00361. The van der Waals surface area contributed by atoms with E-state index in [0.717, 1.165) is 44.5 Å². The molecule has 1 N–H and O–H groups in total. The van der Waals surface area contributed by atoms with E-state index in [1.165, 1.54) is 0 Å². The van der Waals surface area contributed by atoms with Crippen molar-refractivity contribution in [1.82, 2.24) is 20.0 Å². The maximum Gasteiger partial charge on any atom is 0.257 e. The van der Waals surface area contributed by atoms with Gasteiger partial charge in [-0.15, -0.1) is 0 Å². The highest BCUT2D eigenvalue weighted by molar-refractivity contribution is 5.96. The lowest BCUT2D eigenvalue weighted by Gasteiger charge is -2.38. The molecule has 2 aliphatic heterocycles. The summed E-state index contributed by atoms with van der Waals surface area (Å²) in [7, 11) is 0. The summed E-state index contributed by atoms with van der Waals surface area (Å²) < 4.78 is 0. The molecule has 0 bridgehead atoms. The minimum atomic E-state index is -0.347. The number of piperidine rings is 1. The van der Waals surface area contributed by atoms with E-state index in [9.17, 15) is 9.59 Å². The van der Waals surface area contributed by atoms with Crippen LogP contribution in [0.4, 0.5) is 0 Å². The number of aryl methyl sites for hydroxylation is 1. The number of hydrogen-bond donors (Lipinski definition) is 1. The molecule has 0 saturated carbocycles. The summed E-state index contributed by atoms with van der Waals surface area (Å²) in [6.07, 6.45) is 5.08. The summed E-state index contributed by atoms with van der Waals surface area (Å²) in [6.45, 7) is 6.85. The Labute approximate surface area is 130 Å². The zero-order valence-corrected chi connectivity index (χ0v) is 13.4. The van der Waals surface area contributed by atoms with E-state index in [4.69, 9.17) is 0 Å². The Bertz CT molecular complexity index is 582. The Morgan fingerprint density at radius 3 is 2.91 bits per heavy atom. The SMILES string of the molecule is CCc1[nH]ncc1C(=O)N1CCC2(CCCN(CC)C2=O)C1. The van der Waals surface area contributed by atoms with E-state index < -0.39 is 0 Å². The van der Waals surface area contributed by atoms with Gasteiger partial charge >= 0.3 is 0 Å².